The van der Waals surface area contributed by atoms with Gasteiger partial charge in [0, 0.05) is 6.07 Å². The Labute approximate surface area is 110 Å². The Morgan fingerprint density at radius 2 is 1.94 bits per heavy atom. The molecule has 1 aromatic heterocycles. The number of hydrogen-bond donors (Lipinski definition) is 2. The smallest absolute Gasteiger partial charge is 0.225 e. The van der Waals surface area contributed by atoms with Crippen molar-refractivity contribution < 1.29 is 4.74 Å². The van der Waals surface area contributed by atoms with Gasteiger partial charge in [-0.25, -0.2) is 10.8 Å². The zero-order valence-corrected chi connectivity index (χ0v) is 11.0. The van der Waals surface area contributed by atoms with E-state index in [1.54, 1.807) is 6.07 Å². The molecule has 5 nitrogen and oxygen atoms in total. The average Bonchev–Trinajstić information content (AvgIpc) is 2.41. The summed E-state index contributed by atoms with van der Waals surface area (Å²) < 4.78 is 5.66. The first kappa shape index (κ1) is 12.7. The molecule has 2 rings (SSSR count). The van der Waals surface area contributed by atoms with Gasteiger partial charge in [0.05, 0.1) is 0 Å². The first-order valence-electron chi connectivity index (χ1n) is 5.35. The lowest BCUT2D eigenvalue weighted by molar-refractivity contribution is 0.456. The maximum Gasteiger partial charge on any atom is 0.225 e. The fraction of sp³-hybridized carbons (Fsp3) is 0.167. The van der Waals surface area contributed by atoms with E-state index in [4.69, 9.17) is 10.6 Å². The molecule has 1 heterocycles. The number of rotatable bonds is 4. The lowest BCUT2D eigenvalue weighted by Crippen LogP contribution is -2.09. The van der Waals surface area contributed by atoms with Gasteiger partial charge in [0.25, 0.3) is 0 Å². The Bertz CT molecular complexity index is 508. The van der Waals surface area contributed by atoms with Crippen LogP contribution < -0.4 is 16.0 Å². The molecule has 0 fully saturated rings. The number of hydrogen-bond acceptors (Lipinski definition) is 6. The van der Waals surface area contributed by atoms with E-state index in [9.17, 15) is 0 Å². The minimum atomic E-state index is 0.464. The average molecular weight is 262 g/mol. The van der Waals surface area contributed by atoms with Crippen LogP contribution in [0.3, 0.4) is 0 Å². The third kappa shape index (κ3) is 3.12. The molecule has 0 atom stereocenters. The molecule has 0 saturated heterocycles. The van der Waals surface area contributed by atoms with E-state index in [-0.39, 0.29) is 0 Å². The molecule has 1 aromatic carbocycles. The first-order chi connectivity index (χ1) is 8.71. The van der Waals surface area contributed by atoms with Crippen molar-refractivity contribution in [2.75, 3.05) is 11.7 Å². The quantitative estimate of drug-likeness (QED) is 0.382. The van der Waals surface area contributed by atoms with Crippen molar-refractivity contribution in [3.63, 3.8) is 0 Å². The molecule has 0 radical (unpaired) electrons. The molecule has 0 bridgehead atoms. The van der Waals surface area contributed by atoms with E-state index >= 15 is 0 Å². The van der Waals surface area contributed by atoms with Crippen LogP contribution in [0.2, 0.25) is 0 Å². The highest BCUT2D eigenvalue weighted by Gasteiger charge is 2.05. The van der Waals surface area contributed by atoms with Crippen LogP contribution in [0.4, 0.5) is 5.82 Å². The minimum absolute atomic E-state index is 0.464. The number of benzene rings is 1. The van der Waals surface area contributed by atoms with Gasteiger partial charge in [-0.2, -0.15) is 4.98 Å². The van der Waals surface area contributed by atoms with Crippen molar-refractivity contribution in [3.8, 4) is 11.6 Å². The van der Waals surface area contributed by atoms with Crippen LogP contribution in [0.1, 0.15) is 5.56 Å². The number of aromatic nitrogens is 2. The molecule has 0 spiro atoms. The summed E-state index contributed by atoms with van der Waals surface area (Å²) in [6.45, 7) is 2.02. The van der Waals surface area contributed by atoms with Crippen LogP contribution in [-0.4, -0.2) is 16.2 Å². The number of ether oxygens (including phenoxy) is 1. The largest absolute Gasteiger partial charge is 0.439 e. The number of anilines is 1. The Morgan fingerprint density at radius 3 is 2.56 bits per heavy atom. The number of thioether (sulfide) groups is 1. The number of nitrogens with zero attached hydrogens (tertiary/aromatic N) is 2. The van der Waals surface area contributed by atoms with Crippen molar-refractivity contribution in [1.29, 1.82) is 0 Å². The number of nitrogens with two attached hydrogens (primary N) is 1. The second-order valence-electron chi connectivity index (χ2n) is 3.64. The SMILES string of the molecule is CSc1nc(NN)cc(Oc2ccc(C)cc2)n1. The lowest BCUT2D eigenvalue weighted by atomic mass is 10.2. The predicted octanol–water partition coefficient (Wildman–Crippen LogP) is 2.58. The van der Waals surface area contributed by atoms with Crippen LogP contribution in [0.25, 0.3) is 0 Å². The van der Waals surface area contributed by atoms with Crippen LogP contribution in [0.5, 0.6) is 11.6 Å². The summed E-state index contributed by atoms with van der Waals surface area (Å²) in [6.07, 6.45) is 1.89. The minimum Gasteiger partial charge on any atom is -0.439 e. The number of aryl methyl sites for hydroxylation is 1. The summed E-state index contributed by atoms with van der Waals surface area (Å²) in [4.78, 5) is 8.41. The van der Waals surface area contributed by atoms with E-state index in [1.165, 1.54) is 17.3 Å². The van der Waals surface area contributed by atoms with Crippen LogP contribution in [0.15, 0.2) is 35.5 Å². The Hall–Kier alpha value is -1.79. The topological polar surface area (TPSA) is 73.1 Å². The fourth-order valence-corrected chi connectivity index (χ4v) is 1.72. The molecule has 18 heavy (non-hydrogen) atoms. The third-order valence-corrected chi connectivity index (χ3v) is 2.80. The standard InChI is InChI=1S/C12H14N4OS/c1-8-3-5-9(6-4-8)17-11-7-10(16-13)14-12(15-11)18-2/h3-7H,13H2,1-2H3,(H,14,15,16). The van der Waals surface area contributed by atoms with E-state index in [1.807, 2.05) is 37.4 Å². The molecule has 0 saturated carbocycles. The second-order valence-corrected chi connectivity index (χ2v) is 4.41. The molecule has 94 valence electrons. The molecule has 0 unspecified atom stereocenters. The summed E-state index contributed by atoms with van der Waals surface area (Å²) in [5.74, 6) is 7.07. The van der Waals surface area contributed by atoms with E-state index in [2.05, 4.69) is 15.4 Å². The van der Waals surface area contributed by atoms with Gasteiger partial charge in [-0.3, -0.25) is 0 Å². The molecule has 0 amide bonds. The number of nitrogen functional groups attached to an aromatic ring is 1. The van der Waals surface area contributed by atoms with Crippen molar-refractivity contribution in [1.82, 2.24) is 9.97 Å². The maximum atomic E-state index is 5.66. The molecule has 0 aliphatic heterocycles. The van der Waals surface area contributed by atoms with Crippen LogP contribution in [0, 0.1) is 6.92 Å². The molecule has 0 aliphatic carbocycles. The number of nitrogens with one attached hydrogen (secondary N) is 1. The monoisotopic (exact) mass is 262 g/mol. The Kier molecular flexibility index (Phi) is 4.01. The summed E-state index contributed by atoms with van der Waals surface area (Å²) in [5.41, 5.74) is 3.67. The van der Waals surface area contributed by atoms with Gasteiger partial charge >= 0.3 is 0 Å². The first-order valence-corrected chi connectivity index (χ1v) is 6.58. The molecular weight excluding hydrogens is 248 g/mol. The second kappa shape index (κ2) is 5.70. The summed E-state index contributed by atoms with van der Waals surface area (Å²) in [6, 6.07) is 9.40. The Balaban J connectivity index is 2.25. The van der Waals surface area contributed by atoms with Crippen molar-refractivity contribution in [2.45, 2.75) is 12.1 Å². The van der Waals surface area contributed by atoms with Crippen molar-refractivity contribution >= 4 is 17.6 Å². The maximum absolute atomic E-state index is 5.66. The van der Waals surface area contributed by atoms with E-state index in [0.717, 1.165) is 5.75 Å². The highest BCUT2D eigenvalue weighted by atomic mass is 32.2. The number of hydrazine groups is 1. The third-order valence-electron chi connectivity index (χ3n) is 2.26. The van der Waals surface area contributed by atoms with Crippen LogP contribution >= 0.6 is 11.8 Å². The Morgan fingerprint density at radius 1 is 1.22 bits per heavy atom. The van der Waals surface area contributed by atoms with Crippen LogP contribution in [-0.2, 0) is 0 Å². The zero-order chi connectivity index (χ0) is 13.0. The van der Waals surface area contributed by atoms with Crippen molar-refractivity contribution in [2.24, 2.45) is 5.84 Å². The molecule has 0 aliphatic rings. The van der Waals surface area contributed by atoms with Gasteiger partial charge < -0.3 is 10.2 Å². The van der Waals surface area contributed by atoms with Gasteiger partial charge in [-0.05, 0) is 25.3 Å². The van der Waals surface area contributed by atoms with Gasteiger partial charge in [0.1, 0.15) is 11.6 Å². The molecular formula is C12H14N4OS. The zero-order valence-electron chi connectivity index (χ0n) is 10.2. The van der Waals surface area contributed by atoms with Gasteiger partial charge in [-0.1, -0.05) is 29.5 Å². The highest BCUT2D eigenvalue weighted by molar-refractivity contribution is 7.98. The molecule has 6 heteroatoms. The van der Waals surface area contributed by atoms with Gasteiger partial charge in [-0.15, -0.1) is 0 Å². The molecule has 2 aromatic rings. The fourth-order valence-electron chi connectivity index (χ4n) is 1.35. The highest BCUT2D eigenvalue weighted by Crippen LogP contribution is 2.23. The van der Waals surface area contributed by atoms with E-state index < -0.39 is 0 Å². The lowest BCUT2D eigenvalue weighted by Gasteiger charge is -2.08. The predicted molar refractivity (Wildman–Crippen MR) is 72.9 cm³/mol. The van der Waals surface area contributed by atoms with Gasteiger partial charge in [0.15, 0.2) is 5.16 Å². The summed E-state index contributed by atoms with van der Waals surface area (Å²) in [5, 5.41) is 0.604. The van der Waals surface area contributed by atoms with Gasteiger partial charge in [0.2, 0.25) is 5.88 Å². The van der Waals surface area contributed by atoms with Crippen molar-refractivity contribution in [3.05, 3.63) is 35.9 Å². The summed E-state index contributed by atoms with van der Waals surface area (Å²) in [7, 11) is 0. The normalized spacial score (nSPS) is 10.2. The van der Waals surface area contributed by atoms with E-state index in [0.29, 0.717) is 16.9 Å². The molecule has 3 N–H and O–H groups in total. The summed E-state index contributed by atoms with van der Waals surface area (Å²) >= 11 is 1.43.